The largest absolute Gasteiger partial charge is 0.358 e. The first-order valence-corrected chi connectivity index (χ1v) is 9.20. The highest BCUT2D eigenvalue weighted by atomic mass is 16.2. The molecular weight excluding hydrogens is 298 g/mol. The number of hydrogen-bond donors (Lipinski definition) is 1. The first-order valence-electron chi connectivity index (χ1n) is 9.20. The van der Waals surface area contributed by atoms with Gasteiger partial charge in [0.15, 0.2) is 0 Å². The average Bonchev–Trinajstić information content (AvgIpc) is 2.92. The highest BCUT2D eigenvalue weighted by molar-refractivity contribution is 5.87. The Bertz CT molecular complexity index is 764. The summed E-state index contributed by atoms with van der Waals surface area (Å²) in [7, 11) is 0. The third-order valence-electron chi connectivity index (χ3n) is 5.58. The van der Waals surface area contributed by atoms with E-state index in [1.807, 2.05) is 0 Å². The Morgan fingerprint density at radius 1 is 1.33 bits per heavy atom. The lowest BCUT2D eigenvalue weighted by molar-refractivity contribution is -0.133. The Kier molecular flexibility index (Phi) is 4.09. The van der Waals surface area contributed by atoms with Crippen LogP contribution in [0.4, 0.5) is 0 Å². The lowest BCUT2D eigenvalue weighted by atomic mass is 10.00. The second-order valence-corrected chi connectivity index (χ2v) is 7.68. The van der Waals surface area contributed by atoms with Gasteiger partial charge in [-0.15, -0.1) is 0 Å². The van der Waals surface area contributed by atoms with Crippen molar-refractivity contribution in [3.05, 3.63) is 35.0 Å². The van der Waals surface area contributed by atoms with Gasteiger partial charge in [-0.05, 0) is 44.4 Å². The van der Waals surface area contributed by atoms with Gasteiger partial charge < -0.3 is 9.88 Å². The average molecular weight is 325 g/mol. The maximum Gasteiger partial charge on any atom is 0.237 e. The van der Waals surface area contributed by atoms with Crippen molar-refractivity contribution in [1.29, 1.82) is 0 Å². The van der Waals surface area contributed by atoms with Crippen LogP contribution in [0.5, 0.6) is 0 Å². The summed E-state index contributed by atoms with van der Waals surface area (Å²) < 4.78 is 0. The molecule has 4 heteroatoms. The maximum absolute atomic E-state index is 12.8. The van der Waals surface area contributed by atoms with Crippen molar-refractivity contribution in [2.45, 2.75) is 39.7 Å². The van der Waals surface area contributed by atoms with Gasteiger partial charge in [0, 0.05) is 48.2 Å². The monoisotopic (exact) mass is 325 g/mol. The summed E-state index contributed by atoms with van der Waals surface area (Å²) in [5.74, 6) is 1.01. The molecule has 24 heavy (non-hydrogen) atoms. The van der Waals surface area contributed by atoms with Crippen molar-refractivity contribution >= 4 is 16.8 Å². The van der Waals surface area contributed by atoms with Crippen LogP contribution in [-0.4, -0.2) is 46.9 Å². The zero-order valence-electron chi connectivity index (χ0n) is 14.8. The van der Waals surface area contributed by atoms with E-state index in [4.69, 9.17) is 0 Å². The van der Waals surface area contributed by atoms with E-state index in [1.54, 1.807) is 0 Å². The van der Waals surface area contributed by atoms with Gasteiger partial charge in [0.2, 0.25) is 5.91 Å². The van der Waals surface area contributed by atoms with Crippen LogP contribution in [0.2, 0.25) is 0 Å². The minimum Gasteiger partial charge on any atom is -0.358 e. The molecule has 2 aromatic rings. The van der Waals surface area contributed by atoms with E-state index in [0.717, 1.165) is 38.5 Å². The number of carbonyl (C=O) groups is 1. The Morgan fingerprint density at radius 2 is 2.21 bits per heavy atom. The topological polar surface area (TPSA) is 39.3 Å². The molecule has 0 unspecified atom stereocenters. The van der Waals surface area contributed by atoms with Gasteiger partial charge in [-0.3, -0.25) is 9.69 Å². The molecule has 0 saturated carbocycles. The van der Waals surface area contributed by atoms with E-state index in [-0.39, 0.29) is 5.91 Å². The minimum atomic E-state index is 0.289. The second-order valence-electron chi connectivity index (χ2n) is 7.68. The number of nitrogens with zero attached hydrogens (tertiary/aromatic N) is 2. The molecule has 1 aromatic carbocycles. The summed E-state index contributed by atoms with van der Waals surface area (Å²) in [6.45, 7) is 8.72. The number of nitrogens with one attached hydrogen (secondary N) is 1. The number of amides is 1. The molecule has 4 rings (SSSR count). The van der Waals surface area contributed by atoms with Gasteiger partial charge in [-0.2, -0.15) is 0 Å². The van der Waals surface area contributed by atoms with Crippen LogP contribution in [0.25, 0.3) is 10.9 Å². The third-order valence-corrected chi connectivity index (χ3v) is 5.58. The molecule has 3 heterocycles. The molecular formula is C20H27N3O. The first-order chi connectivity index (χ1) is 11.6. The fourth-order valence-electron chi connectivity index (χ4n) is 4.26. The SMILES string of the molecule is Cc1ccc2[nH]c3c(c2c1)CN(C(=O)CN1CCC[C@@H](C)C1)CC3. The highest BCUT2D eigenvalue weighted by Gasteiger charge is 2.26. The number of benzene rings is 1. The third kappa shape index (κ3) is 2.95. The Morgan fingerprint density at radius 3 is 3.04 bits per heavy atom. The summed E-state index contributed by atoms with van der Waals surface area (Å²) in [4.78, 5) is 20.7. The van der Waals surface area contributed by atoms with E-state index < -0.39 is 0 Å². The number of aromatic nitrogens is 1. The summed E-state index contributed by atoms with van der Waals surface area (Å²) in [6, 6.07) is 6.54. The summed E-state index contributed by atoms with van der Waals surface area (Å²) in [5.41, 5.74) is 5.10. The predicted molar refractivity (Wildman–Crippen MR) is 97.0 cm³/mol. The standard InChI is InChI=1S/C20H27N3O/c1-14-5-6-18-16(10-14)17-12-23(9-7-19(17)21-18)20(24)13-22-8-3-4-15(2)11-22/h5-6,10,15,21H,3-4,7-9,11-13H2,1-2H3/t15-/m1/s1. The van der Waals surface area contributed by atoms with Crippen LogP contribution in [-0.2, 0) is 17.8 Å². The molecule has 1 aromatic heterocycles. The van der Waals surface area contributed by atoms with Gasteiger partial charge in [0.05, 0.1) is 6.54 Å². The lowest BCUT2D eigenvalue weighted by Gasteiger charge is -2.33. The van der Waals surface area contributed by atoms with Crippen LogP contribution in [0.15, 0.2) is 18.2 Å². The second kappa shape index (κ2) is 6.25. The number of aromatic amines is 1. The number of piperidine rings is 1. The normalized spacial score (nSPS) is 21.9. The molecule has 0 spiro atoms. The zero-order valence-corrected chi connectivity index (χ0v) is 14.8. The number of carbonyl (C=O) groups excluding carboxylic acids is 1. The molecule has 0 radical (unpaired) electrons. The highest BCUT2D eigenvalue weighted by Crippen LogP contribution is 2.28. The number of H-pyrrole nitrogens is 1. The fraction of sp³-hybridized carbons (Fsp3) is 0.550. The van der Waals surface area contributed by atoms with Crippen LogP contribution < -0.4 is 0 Å². The predicted octanol–water partition coefficient (Wildman–Crippen LogP) is 3.09. The van der Waals surface area contributed by atoms with Crippen molar-refractivity contribution in [2.75, 3.05) is 26.2 Å². The zero-order chi connectivity index (χ0) is 16.7. The fourth-order valence-corrected chi connectivity index (χ4v) is 4.26. The van der Waals surface area contributed by atoms with Gasteiger partial charge in [-0.25, -0.2) is 0 Å². The molecule has 1 fully saturated rings. The van der Waals surface area contributed by atoms with E-state index in [1.165, 1.54) is 40.6 Å². The van der Waals surface area contributed by atoms with E-state index in [9.17, 15) is 4.79 Å². The smallest absolute Gasteiger partial charge is 0.237 e. The van der Waals surface area contributed by atoms with Crippen molar-refractivity contribution in [3.8, 4) is 0 Å². The number of rotatable bonds is 2. The van der Waals surface area contributed by atoms with Crippen molar-refractivity contribution < 1.29 is 4.79 Å². The van der Waals surface area contributed by atoms with Crippen molar-refractivity contribution in [2.24, 2.45) is 5.92 Å². The molecule has 2 aliphatic heterocycles. The molecule has 128 valence electrons. The Balaban J connectivity index is 1.50. The number of fused-ring (bicyclic) bond motifs is 3. The van der Waals surface area contributed by atoms with Crippen LogP contribution in [0, 0.1) is 12.8 Å². The summed E-state index contributed by atoms with van der Waals surface area (Å²) in [5, 5.41) is 1.29. The quantitative estimate of drug-likeness (QED) is 0.921. The molecule has 0 aliphatic carbocycles. The molecule has 0 bridgehead atoms. The number of hydrogen-bond acceptors (Lipinski definition) is 2. The minimum absolute atomic E-state index is 0.289. The lowest BCUT2D eigenvalue weighted by Crippen LogP contribution is -2.45. The van der Waals surface area contributed by atoms with E-state index in [2.05, 4.69) is 46.8 Å². The first kappa shape index (κ1) is 15.7. The summed E-state index contributed by atoms with van der Waals surface area (Å²) >= 11 is 0. The van der Waals surface area contributed by atoms with Crippen LogP contribution in [0.1, 0.15) is 36.6 Å². The Labute approximate surface area is 143 Å². The molecule has 1 N–H and O–H groups in total. The maximum atomic E-state index is 12.8. The van der Waals surface area contributed by atoms with E-state index in [0.29, 0.717) is 6.54 Å². The molecule has 1 saturated heterocycles. The van der Waals surface area contributed by atoms with Crippen LogP contribution in [0.3, 0.4) is 0 Å². The molecule has 4 nitrogen and oxygen atoms in total. The molecule has 1 amide bonds. The van der Waals surface area contributed by atoms with Gasteiger partial charge in [0.25, 0.3) is 0 Å². The number of likely N-dealkylation sites (tertiary alicyclic amines) is 1. The molecule has 2 aliphatic rings. The number of aryl methyl sites for hydroxylation is 1. The molecule has 1 atom stereocenters. The van der Waals surface area contributed by atoms with E-state index >= 15 is 0 Å². The van der Waals surface area contributed by atoms with Gasteiger partial charge in [-0.1, -0.05) is 18.6 Å². The van der Waals surface area contributed by atoms with Gasteiger partial charge in [0.1, 0.15) is 0 Å². The summed E-state index contributed by atoms with van der Waals surface area (Å²) in [6.07, 6.45) is 3.46. The Hall–Kier alpha value is -1.81. The van der Waals surface area contributed by atoms with Crippen molar-refractivity contribution in [3.63, 3.8) is 0 Å². The van der Waals surface area contributed by atoms with Crippen molar-refractivity contribution in [1.82, 2.24) is 14.8 Å². The van der Waals surface area contributed by atoms with Gasteiger partial charge >= 0.3 is 0 Å². The van der Waals surface area contributed by atoms with Crippen LogP contribution >= 0.6 is 0 Å².